The molecule has 0 aliphatic heterocycles. The highest BCUT2D eigenvalue weighted by Crippen LogP contribution is 2.61. The van der Waals surface area contributed by atoms with Gasteiger partial charge in [-0.25, -0.2) is 0 Å². The Morgan fingerprint density at radius 3 is 2.27 bits per heavy atom. The Morgan fingerprint density at radius 2 is 1.77 bits per heavy atom. The fourth-order valence-corrected chi connectivity index (χ4v) is 5.69. The lowest BCUT2D eigenvalue weighted by molar-refractivity contribution is -0.0688. The number of hydrogen-bond donors (Lipinski definition) is 2. The third-order valence-electron chi connectivity index (χ3n) is 6.40. The summed E-state index contributed by atoms with van der Waals surface area (Å²) in [6, 6.07) is 3.21. The van der Waals surface area contributed by atoms with E-state index in [1.54, 1.807) is 6.07 Å². The molecule has 0 radical (unpaired) electrons. The summed E-state index contributed by atoms with van der Waals surface area (Å²) in [4.78, 5) is 26.1. The van der Waals surface area contributed by atoms with Gasteiger partial charge < -0.3 is 10.3 Å². The summed E-state index contributed by atoms with van der Waals surface area (Å²) >= 11 is 0. The fraction of sp³-hybridized carbons (Fsp3) is 0.667. The van der Waals surface area contributed by atoms with Crippen LogP contribution < -0.4 is 10.9 Å². The second-order valence-corrected chi connectivity index (χ2v) is 7.92. The van der Waals surface area contributed by atoms with Crippen molar-refractivity contribution >= 4 is 5.91 Å². The average molecular weight is 300 g/mol. The molecule has 4 saturated carbocycles. The summed E-state index contributed by atoms with van der Waals surface area (Å²) in [6.45, 7) is 2.18. The second-order valence-electron chi connectivity index (χ2n) is 7.92. The minimum Gasteiger partial charge on any atom is -0.349 e. The number of amides is 1. The maximum absolute atomic E-state index is 12.4. The quantitative estimate of drug-likeness (QED) is 0.901. The molecule has 4 bridgehead atoms. The third kappa shape index (κ3) is 2.29. The lowest BCUT2D eigenvalue weighted by Crippen LogP contribution is -2.55. The van der Waals surface area contributed by atoms with E-state index in [2.05, 4.69) is 17.2 Å². The van der Waals surface area contributed by atoms with Crippen molar-refractivity contribution in [3.63, 3.8) is 0 Å². The van der Waals surface area contributed by atoms with E-state index in [0.29, 0.717) is 11.0 Å². The highest BCUT2D eigenvalue weighted by Gasteiger charge is 2.53. The van der Waals surface area contributed by atoms with E-state index in [9.17, 15) is 9.59 Å². The van der Waals surface area contributed by atoms with Crippen molar-refractivity contribution in [2.24, 2.45) is 23.2 Å². The third-order valence-corrected chi connectivity index (χ3v) is 6.40. The van der Waals surface area contributed by atoms with Gasteiger partial charge >= 0.3 is 0 Å². The molecule has 5 rings (SSSR count). The number of aromatic nitrogens is 1. The van der Waals surface area contributed by atoms with Crippen LogP contribution in [0.5, 0.6) is 0 Å². The monoisotopic (exact) mass is 300 g/mol. The van der Waals surface area contributed by atoms with Crippen LogP contribution in [0.15, 0.2) is 23.1 Å². The fourth-order valence-electron chi connectivity index (χ4n) is 5.69. The lowest BCUT2D eigenvalue weighted by Gasteiger charge is -2.59. The summed E-state index contributed by atoms with van der Waals surface area (Å²) in [5, 5.41) is 3.21. The Bertz CT molecular complexity index is 593. The molecule has 1 aromatic rings. The zero-order chi connectivity index (χ0) is 15.3. The largest absolute Gasteiger partial charge is 0.349 e. The van der Waals surface area contributed by atoms with E-state index in [4.69, 9.17) is 0 Å². The van der Waals surface area contributed by atoms with Gasteiger partial charge in [-0.05, 0) is 74.7 Å². The first-order chi connectivity index (χ1) is 10.5. The van der Waals surface area contributed by atoms with E-state index in [1.165, 1.54) is 50.8 Å². The van der Waals surface area contributed by atoms with Crippen LogP contribution in [0.2, 0.25) is 0 Å². The zero-order valence-electron chi connectivity index (χ0n) is 13.1. The first kappa shape index (κ1) is 14.0. The average Bonchev–Trinajstić information content (AvgIpc) is 2.46. The number of nitrogens with one attached hydrogen (secondary N) is 2. The molecule has 1 amide bonds. The van der Waals surface area contributed by atoms with Gasteiger partial charge in [-0.3, -0.25) is 9.59 Å². The van der Waals surface area contributed by atoms with Gasteiger partial charge in [0.25, 0.3) is 5.91 Å². The first-order valence-corrected chi connectivity index (χ1v) is 8.54. The molecular formula is C18H24N2O2. The van der Waals surface area contributed by atoms with Crippen molar-refractivity contribution in [2.75, 3.05) is 0 Å². The van der Waals surface area contributed by atoms with E-state index >= 15 is 0 Å². The molecule has 2 N–H and O–H groups in total. The van der Waals surface area contributed by atoms with Crippen molar-refractivity contribution < 1.29 is 4.79 Å². The molecule has 4 fully saturated rings. The summed E-state index contributed by atoms with van der Waals surface area (Å²) in [5.41, 5.74) is 0.675. The van der Waals surface area contributed by atoms with Crippen LogP contribution in [-0.4, -0.2) is 16.9 Å². The molecule has 0 spiro atoms. The Hall–Kier alpha value is -1.58. The van der Waals surface area contributed by atoms with Crippen LogP contribution in [-0.2, 0) is 0 Å². The van der Waals surface area contributed by atoms with Crippen molar-refractivity contribution in [2.45, 2.75) is 51.5 Å². The maximum atomic E-state index is 12.4. The standard InChI is InChI=1S/C18H24N2O2/c1-11(20-17(22)15-2-3-16(21)19-10-15)18-7-12-4-13(8-18)6-14(5-12)9-18/h2-3,10-14H,4-9H2,1H3,(H,19,21)(H,20,22)/t11-,12?,13?,14?,18?/m1/s1. The Balaban J connectivity index is 1.50. The highest BCUT2D eigenvalue weighted by molar-refractivity contribution is 5.94. The van der Waals surface area contributed by atoms with Gasteiger partial charge in [-0.1, -0.05) is 0 Å². The topological polar surface area (TPSA) is 62.0 Å². The maximum Gasteiger partial charge on any atom is 0.252 e. The molecule has 1 aromatic heterocycles. The molecular weight excluding hydrogens is 276 g/mol. The van der Waals surface area contributed by atoms with Crippen molar-refractivity contribution in [1.82, 2.24) is 10.3 Å². The van der Waals surface area contributed by atoms with Gasteiger partial charge in [0.2, 0.25) is 5.56 Å². The normalized spacial score (nSPS) is 37.0. The Morgan fingerprint density at radius 1 is 1.18 bits per heavy atom. The van der Waals surface area contributed by atoms with Crippen molar-refractivity contribution in [3.8, 4) is 0 Å². The van der Waals surface area contributed by atoms with Gasteiger partial charge in [0, 0.05) is 18.3 Å². The molecule has 4 heteroatoms. The SMILES string of the molecule is C[C@@H](NC(=O)c1ccc(=O)[nH]c1)C12CC3CC(CC(C3)C1)C2. The summed E-state index contributed by atoms with van der Waals surface area (Å²) in [6.07, 6.45) is 9.60. The van der Waals surface area contributed by atoms with Crippen LogP contribution in [0.25, 0.3) is 0 Å². The molecule has 118 valence electrons. The zero-order valence-corrected chi connectivity index (χ0v) is 13.1. The van der Waals surface area contributed by atoms with Gasteiger partial charge in [-0.15, -0.1) is 0 Å². The molecule has 1 atom stereocenters. The number of pyridine rings is 1. The predicted octanol–water partition coefficient (Wildman–Crippen LogP) is 2.71. The second kappa shape index (κ2) is 4.97. The molecule has 22 heavy (non-hydrogen) atoms. The number of carbonyl (C=O) groups excluding carboxylic acids is 1. The Labute approximate surface area is 130 Å². The van der Waals surface area contributed by atoms with E-state index < -0.39 is 0 Å². The lowest BCUT2D eigenvalue weighted by atomic mass is 9.48. The number of rotatable bonds is 3. The van der Waals surface area contributed by atoms with E-state index in [0.717, 1.165) is 17.8 Å². The highest BCUT2D eigenvalue weighted by atomic mass is 16.2. The van der Waals surface area contributed by atoms with E-state index in [-0.39, 0.29) is 17.5 Å². The molecule has 0 aromatic carbocycles. The molecule has 0 unspecified atom stereocenters. The number of carbonyl (C=O) groups is 1. The Kier molecular flexibility index (Phi) is 3.17. The predicted molar refractivity (Wildman–Crippen MR) is 84.6 cm³/mol. The minimum absolute atomic E-state index is 0.0699. The van der Waals surface area contributed by atoms with Gasteiger partial charge in [0.05, 0.1) is 5.56 Å². The van der Waals surface area contributed by atoms with Crippen molar-refractivity contribution in [1.29, 1.82) is 0 Å². The number of hydrogen-bond acceptors (Lipinski definition) is 2. The van der Waals surface area contributed by atoms with Crippen LogP contribution in [0.4, 0.5) is 0 Å². The molecule has 1 heterocycles. The molecule has 4 aliphatic carbocycles. The van der Waals surface area contributed by atoms with Gasteiger partial charge in [-0.2, -0.15) is 0 Å². The van der Waals surface area contributed by atoms with Gasteiger partial charge in [0.1, 0.15) is 0 Å². The van der Waals surface area contributed by atoms with Crippen LogP contribution >= 0.6 is 0 Å². The summed E-state index contributed by atoms with van der Waals surface area (Å²) < 4.78 is 0. The molecule has 4 nitrogen and oxygen atoms in total. The van der Waals surface area contributed by atoms with Crippen LogP contribution in [0.3, 0.4) is 0 Å². The van der Waals surface area contributed by atoms with E-state index in [1.807, 2.05) is 0 Å². The van der Waals surface area contributed by atoms with Gasteiger partial charge in [0.15, 0.2) is 0 Å². The first-order valence-electron chi connectivity index (χ1n) is 8.54. The van der Waals surface area contributed by atoms with Crippen LogP contribution in [0, 0.1) is 23.2 Å². The number of H-pyrrole nitrogens is 1. The molecule has 4 aliphatic rings. The van der Waals surface area contributed by atoms with Crippen molar-refractivity contribution in [3.05, 3.63) is 34.2 Å². The minimum atomic E-state index is -0.175. The number of aromatic amines is 1. The summed E-state index contributed by atoms with van der Waals surface area (Å²) in [7, 11) is 0. The van der Waals surface area contributed by atoms with Crippen LogP contribution in [0.1, 0.15) is 55.8 Å². The molecule has 0 saturated heterocycles. The smallest absolute Gasteiger partial charge is 0.252 e. The summed E-state index contributed by atoms with van der Waals surface area (Å²) in [5.74, 6) is 2.59.